The number of ether oxygens (including phenoxy) is 2. The molecule has 8 nitrogen and oxygen atoms in total. The van der Waals surface area contributed by atoms with Crippen molar-refractivity contribution in [2.75, 3.05) is 25.5 Å². The molecule has 0 unspecified atom stereocenters. The van der Waals surface area contributed by atoms with E-state index in [9.17, 15) is 14.4 Å². The molecule has 9 heteroatoms. The standard InChI is InChI=1S/C15H16ClN3O5/c1-2-23-14(21)9-6-18-15(22)19-12(9)7-24-13(20)8-3-4-10(16)11(17)5-8/h3-5H,2,6-7,17H2,1H3,(H2,18,19,22). The Balaban J connectivity index is 2.11. The lowest BCUT2D eigenvalue weighted by atomic mass is 10.1. The zero-order chi connectivity index (χ0) is 17.7. The molecule has 1 aromatic carbocycles. The van der Waals surface area contributed by atoms with Crippen molar-refractivity contribution in [3.8, 4) is 0 Å². The molecule has 0 spiro atoms. The zero-order valence-corrected chi connectivity index (χ0v) is 13.6. The summed E-state index contributed by atoms with van der Waals surface area (Å²) in [6.45, 7) is 1.56. The molecule has 24 heavy (non-hydrogen) atoms. The molecule has 0 saturated carbocycles. The highest BCUT2D eigenvalue weighted by molar-refractivity contribution is 6.33. The maximum atomic E-state index is 12.0. The normalized spacial score (nSPS) is 13.8. The molecule has 0 aliphatic carbocycles. The number of nitrogens with two attached hydrogens (primary N) is 1. The fourth-order valence-electron chi connectivity index (χ4n) is 1.96. The fourth-order valence-corrected chi connectivity index (χ4v) is 2.08. The molecule has 4 N–H and O–H groups in total. The third-order valence-electron chi connectivity index (χ3n) is 3.16. The van der Waals surface area contributed by atoms with E-state index in [4.69, 9.17) is 26.8 Å². The van der Waals surface area contributed by atoms with Crippen molar-refractivity contribution in [2.24, 2.45) is 0 Å². The van der Waals surface area contributed by atoms with E-state index in [2.05, 4.69) is 10.6 Å². The summed E-state index contributed by atoms with van der Waals surface area (Å²) in [7, 11) is 0. The van der Waals surface area contributed by atoms with Crippen molar-refractivity contribution in [2.45, 2.75) is 6.92 Å². The number of halogens is 1. The fraction of sp³-hybridized carbons (Fsp3) is 0.267. The molecule has 0 saturated heterocycles. The second kappa shape index (κ2) is 7.69. The van der Waals surface area contributed by atoms with Crippen LogP contribution in [-0.4, -0.2) is 37.7 Å². The molecule has 0 aromatic heterocycles. The minimum Gasteiger partial charge on any atom is -0.463 e. The van der Waals surface area contributed by atoms with Crippen LogP contribution in [0.5, 0.6) is 0 Å². The predicted octanol–water partition coefficient (Wildman–Crippen LogP) is 1.21. The van der Waals surface area contributed by atoms with Gasteiger partial charge in [0.1, 0.15) is 6.61 Å². The smallest absolute Gasteiger partial charge is 0.338 e. The van der Waals surface area contributed by atoms with E-state index in [0.717, 1.165) is 0 Å². The van der Waals surface area contributed by atoms with E-state index < -0.39 is 18.0 Å². The van der Waals surface area contributed by atoms with Gasteiger partial charge < -0.3 is 25.8 Å². The van der Waals surface area contributed by atoms with Crippen molar-refractivity contribution < 1.29 is 23.9 Å². The van der Waals surface area contributed by atoms with E-state index in [1.807, 2.05) is 0 Å². The molecule has 0 radical (unpaired) electrons. The minimum absolute atomic E-state index is 0.00849. The van der Waals surface area contributed by atoms with Gasteiger partial charge in [0.05, 0.1) is 40.7 Å². The Kier molecular flexibility index (Phi) is 5.64. The molecule has 128 valence electrons. The number of rotatable bonds is 5. The summed E-state index contributed by atoms with van der Waals surface area (Å²) in [4.78, 5) is 35.3. The summed E-state index contributed by atoms with van der Waals surface area (Å²) in [5.74, 6) is -1.26. The van der Waals surface area contributed by atoms with Crippen LogP contribution in [0.15, 0.2) is 29.5 Å². The number of hydrogen-bond acceptors (Lipinski definition) is 6. The summed E-state index contributed by atoms with van der Waals surface area (Å²) in [6.07, 6.45) is 0. The summed E-state index contributed by atoms with van der Waals surface area (Å²) >= 11 is 5.79. The van der Waals surface area contributed by atoms with Gasteiger partial charge >= 0.3 is 18.0 Å². The topological polar surface area (TPSA) is 120 Å². The van der Waals surface area contributed by atoms with Crippen molar-refractivity contribution >= 4 is 35.3 Å². The molecule has 1 aliphatic rings. The van der Waals surface area contributed by atoms with Gasteiger partial charge in [-0.25, -0.2) is 14.4 Å². The highest BCUT2D eigenvalue weighted by Gasteiger charge is 2.24. The second-order valence-corrected chi connectivity index (χ2v) is 5.20. The highest BCUT2D eigenvalue weighted by atomic mass is 35.5. The van der Waals surface area contributed by atoms with Crippen LogP contribution in [0.3, 0.4) is 0 Å². The van der Waals surface area contributed by atoms with Crippen molar-refractivity contribution in [1.82, 2.24) is 10.6 Å². The summed E-state index contributed by atoms with van der Waals surface area (Å²) in [5.41, 5.74) is 6.45. The Labute approximate surface area is 142 Å². The molecule has 0 fully saturated rings. The van der Waals surface area contributed by atoms with Crippen LogP contribution in [0, 0.1) is 0 Å². The number of urea groups is 1. The van der Waals surface area contributed by atoms with Crippen LogP contribution < -0.4 is 16.4 Å². The highest BCUT2D eigenvalue weighted by Crippen LogP contribution is 2.20. The zero-order valence-electron chi connectivity index (χ0n) is 12.8. The first-order valence-corrected chi connectivity index (χ1v) is 7.46. The molecule has 0 bridgehead atoms. The van der Waals surface area contributed by atoms with Crippen molar-refractivity contribution in [3.05, 3.63) is 40.1 Å². The molecular formula is C15H16ClN3O5. The summed E-state index contributed by atoms with van der Waals surface area (Å²) in [5, 5.41) is 5.22. The Morgan fingerprint density at radius 3 is 2.71 bits per heavy atom. The molecule has 1 heterocycles. The maximum Gasteiger partial charge on any atom is 0.338 e. The summed E-state index contributed by atoms with van der Waals surface area (Å²) in [6, 6.07) is 3.82. The van der Waals surface area contributed by atoms with Gasteiger partial charge in [0, 0.05) is 0 Å². The van der Waals surface area contributed by atoms with Gasteiger partial charge in [-0.3, -0.25) is 0 Å². The molecule has 2 rings (SSSR count). The van der Waals surface area contributed by atoms with Crippen LogP contribution in [-0.2, 0) is 14.3 Å². The van der Waals surface area contributed by atoms with E-state index in [-0.39, 0.29) is 42.3 Å². The lowest BCUT2D eigenvalue weighted by molar-refractivity contribution is -0.138. The number of carbonyl (C=O) groups is 3. The van der Waals surface area contributed by atoms with Crippen LogP contribution in [0.1, 0.15) is 17.3 Å². The monoisotopic (exact) mass is 353 g/mol. The number of anilines is 1. The van der Waals surface area contributed by atoms with Gasteiger partial charge in [-0.15, -0.1) is 0 Å². The second-order valence-electron chi connectivity index (χ2n) is 4.80. The number of nitrogens with one attached hydrogen (secondary N) is 2. The molecule has 1 aliphatic heterocycles. The van der Waals surface area contributed by atoms with Crippen LogP contribution >= 0.6 is 11.6 Å². The Morgan fingerprint density at radius 1 is 1.29 bits per heavy atom. The average Bonchev–Trinajstić information content (AvgIpc) is 2.55. The van der Waals surface area contributed by atoms with Crippen LogP contribution in [0.4, 0.5) is 10.5 Å². The Bertz CT molecular complexity index is 717. The van der Waals surface area contributed by atoms with E-state index in [0.29, 0.717) is 5.02 Å². The van der Waals surface area contributed by atoms with E-state index >= 15 is 0 Å². The number of amides is 2. The van der Waals surface area contributed by atoms with Gasteiger partial charge in [-0.2, -0.15) is 0 Å². The quantitative estimate of drug-likeness (QED) is 0.540. The predicted molar refractivity (Wildman–Crippen MR) is 86.3 cm³/mol. The van der Waals surface area contributed by atoms with Gasteiger partial charge in [-0.1, -0.05) is 11.6 Å². The first-order valence-electron chi connectivity index (χ1n) is 7.08. The Hall–Kier alpha value is -2.74. The lowest BCUT2D eigenvalue weighted by Crippen LogP contribution is -2.45. The largest absolute Gasteiger partial charge is 0.463 e. The van der Waals surface area contributed by atoms with Crippen LogP contribution in [0.2, 0.25) is 5.02 Å². The van der Waals surface area contributed by atoms with E-state index in [1.165, 1.54) is 18.2 Å². The first kappa shape index (κ1) is 17.6. The van der Waals surface area contributed by atoms with Crippen molar-refractivity contribution in [1.29, 1.82) is 0 Å². The summed E-state index contributed by atoms with van der Waals surface area (Å²) < 4.78 is 10.0. The van der Waals surface area contributed by atoms with E-state index in [1.54, 1.807) is 6.92 Å². The number of nitrogen functional groups attached to an aromatic ring is 1. The lowest BCUT2D eigenvalue weighted by Gasteiger charge is -2.21. The molecular weight excluding hydrogens is 338 g/mol. The Morgan fingerprint density at radius 2 is 2.04 bits per heavy atom. The molecule has 0 atom stereocenters. The first-order chi connectivity index (χ1) is 11.4. The molecule has 2 amide bonds. The van der Waals surface area contributed by atoms with Crippen LogP contribution in [0.25, 0.3) is 0 Å². The SMILES string of the molecule is CCOC(=O)C1=C(COC(=O)c2ccc(Cl)c(N)c2)NC(=O)NC1. The minimum atomic E-state index is -0.665. The third kappa shape index (κ3) is 4.17. The number of esters is 2. The van der Waals surface area contributed by atoms with Gasteiger partial charge in [0.15, 0.2) is 0 Å². The number of hydrogen-bond donors (Lipinski definition) is 3. The van der Waals surface area contributed by atoms with Crippen molar-refractivity contribution in [3.63, 3.8) is 0 Å². The molecule has 1 aromatic rings. The van der Waals surface area contributed by atoms with Gasteiger partial charge in [0.25, 0.3) is 0 Å². The third-order valence-corrected chi connectivity index (χ3v) is 3.50. The average molecular weight is 354 g/mol. The van der Waals surface area contributed by atoms with Gasteiger partial charge in [0.2, 0.25) is 0 Å². The van der Waals surface area contributed by atoms with Gasteiger partial charge in [-0.05, 0) is 25.1 Å². The number of benzene rings is 1. The maximum absolute atomic E-state index is 12.0. The number of carbonyl (C=O) groups excluding carboxylic acids is 3.